The molecule has 3 rings (SSSR count). The molecule has 0 bridgehead atoms. The average Bonchev–Trinajstić information content (AvgIpc) is 2.82. The molecule has 2 aromatic rings. The number of hydrogen-bond acceptors (Lipinski definition) is 4. The van der Waals surface area contributed by atoms with Crippen LogP contribution in [0, 0.1) is 5.82 Å². The van der Waals surface area contributed by atoms with Crippen LogP contribution in [0.5, 0.6) is 5.75 Å². The van der Waals surface area contributed by atoms with Gasteiger partial charge in [0, 0.05) is 19.1 Å². The Bertz CT molecular complexity index is 1010. The van der Waals surface area contributed by atoms with Crippen LogP contribution in [0.1, 0.15) is 78.5 Å². The van der Waals surface area contributed by atoms with E-state index in [1.807, 2.05) is 6.92 Å². The molecule has 1 aliphatic rings. The molecule has 2 N–H and O–H groups in total. The number of aliphatic hydroxyl groups excluding tert-OH is 1. The lowest BCUT2D eigenvalue weighted by Gasteiger charge is -2.43. The number of nitrogens with zero attached hydrogens (tertiary/aromatic N) is 1. The summed E-state index contributed by atoms with van der Waals surface area (Å²) in [6, 6.07) is 9.36. The molecule has 0 radical (unpaired) electrons. The lowest BCUT2D eigenvalue weighted by Crippen LogP contribution is -2.50. The monoisotopic (exact) mass is 569 g/mol. The van der Waals surface area contributed by atoms with Crippen molar-refractivity contribution in [2.45, 2.75) is 95.7 Å². The molecule has 0 spiro atoms. The van der Waals surface area contributed by atoms with Crippen molar-refractivity contribution in [1.29, 1.82) is 0 Å². The molecule has 2 aromatic carbocycles. The summed E-state index contributed by atoms with van der Waals surface area (Å²) in [5.74, 6) is 0.193. The topological polar surface area (TPSA) is 52.9 Å². The van der Waals surface area contributed by atoms with Crippen molar-refractivity contribution >= 4 is 31.5 Å². The van der Waals surface area contributed by atoms with Crippen LogP contribution in [0.25, 0.3) is 0 Å². The first-order valence-corrected chi connectivity index (χ1v) is 16.2. The van der Waals surface area contributed by atoms with Crippen molar-refractivity contribution in [2.24, 2.45) is 0 Å². The third-order valence-electron chi connectivity index (χ3n) is 8.39. The number of halogens is 3. The summed E-state index contributed by atoms with van der Waals surface area (Å²) in [6.45, 7) is 16.4. The van der Waals surface area contributed by atoms with Gasteiger partial charge in [-0.1, -0.05) is 76.9 Å². The molecule has 4 nitrogen and oxygen atoms in total. The molecular formula is C29H42Cl2FNO3Si. The highest BCUT2D eigenvalue weighted by Gasteiger charge is 2.47. The fourth-order valence-electron chi connectivity index (χ4n) is 6.21. The molecule has 1 fully saturated rings. The van der Waals surface area contributed by atoms with E-state index in [4.69, 9.17) is 27.6 Å². The van der Waals surface area contributed by atoms with Crippen LogP contribution in [-0.4, -0.2) is 42.6 Å². The predicted molar refractivity (Wildman–Crippen MR) is 154 cm³/mol. The molecule has 37 heavy (non-hydrogen) atoms. The van der Waals surface area contributed by atoms with Crippen LogP contribution in [0.4, 0.5) is 4.39 Å². The summed E-state index contributed by atoms with van der Waals surface area (Å²) in [5.41, 5.74) is 1.48. The molecule has 0 aliphatic carbocycles. The number of hydrogen-bond donors (Lipinski definition) is 2. The van der Waals surface area contributed by atoms with E-state index in [-0.39, 0.29) is 11.9 Å². The SMILES string of the molecule is CC(C)[Si](Oc1c(Cl)cc(C(O)[C@@H](C)N2CCC(O)(c3ccc(F)cc3)CC2)cc1Cl)(C(C)C)C(C)C. The summed E-state index contributed by atoms with van der Waals surface area (Å²) < 4.78 is 20.1. The molecule has 8 heteroatoms. The van der Waals surface area contributed by atoms with Crippen molar-refractivity contribution in [3.8, 4) is 5.75 Å². The van der Waals surface area contributed by atoms with Gasteiger partial charge in [0.25, 0.3) is 8.32 Å². The van der Waals surface area contributed by atoms with E-state index in [0.717, 1.165) is 5.56 Å². The van der Waals surface area contributed by atoms with Crippen LogP contribution in [0.15, 0.2) is 36.4 Å². The fourth-order valence-corrected chi connectivity index (χ4v) is 12.2. The zero-order chi connectivity index (χ0) is 27.7. The standard InChI is InChI=1S/C29H42Cl2FNO3Si/c1-18(2)37(19(3)4,20(5)6)36-28-25(30)16-22(17-26(28)31)27(34)21(7)33-14-12-29(35,13-15-33)23-8-10-24(32)11-9-23/h8-11,16-21,27,34-35H,12-15H2,1-7H3/t21-,27?/m1/s1. The number of aliphatic hydroxyl groups is 2. The van der Waals surface area contributed by atoms with Gasteiger partial charge in [0.05, 0.1) is 21.8 Å². The Morgan fingerprint density at radius 3 is 1.78 bits per heavy atom. The quantitative estimate of drug-likeness (QED) is 0.299. The zero-order valence-electron chi connectivity index (χ0n) is 23.1. The molecule has 0 saturated carbocycles. The molecule has 206 valence electrons. The van der Waals surface area contributed by atoms with Crippen molar-refractivity contribution in [1.82, 2.24) is 4.90 Å². The highest BCUT2D eigenvalue weighted by atomic mass is 35.5. The van der Waals surface area contributed by atoms with Crippen LogP contribution < -0.4 is 4.43 Å². The lowest BCUT2D eigenvalue weighted by atomic mass is 9.83. The number of likely N-dealkylation sites (tertiary alicyclic amines) is 1. The highest BCUT2D eigenvalue weighted by molar-refractivity contribution is 6.78. The summed E-state index contributed by atoms with van der Waals surface area (Å²) in [6.07, 6.45) is 0.176. The second-order valence-electron chi connectivity index (χ2n) is 11.5. The van der Waals surface area contributed by atoms with E-state index >= 15 is 0 Å². The van der Waals surface area contributed by atoms with Gasteiger partial charge in [-0.2, -0.15) is 0 Å². The van der Waals surface area contributed by atoms with Gasteiger partial charge in [0.15, 0.2) is 0 Å². The number of piperidine rings is 1. The van der Waals surface area contributed by atoms with Gasteiger partial charge in [-0.25, -0.2) is 4.39 Å². The first-order valence-electron chi connectivity index (χ1n) is 13.3. The minimum atomic E-state index is -2.25. The van der Waals surface area contributed by atoms with Gasteiger partial charge in [0.1, 0.15) is 11.6 Å². The molecule has 0 aromatic heterocycles. The third kappa shape index (κ3) is 6.20. The minimum Gasteiger partial charge on any atom is -0.541 e. The molecule has 1 aliphatic heterocycles. The van der Waals surface area contributed by atoms with Gasteiger partial charge in [-0.3, -0.25) is 4.90 Å². The Kier molecular flexibility index (Phi) is 9.80. The highest BCUT2D eigenvalue weighted by Crippen LogP contribution is 2.47. The number of benzene rings is 2. The Morgan fingerprint density at radius 1 is 0.892 bits per heavy atom. The Labute approximate surface area is 232 Å². The maximum absolute atomic E-state index is 13.3. The van der Waals surface area contributed by atoms with Gasteiger partial charge in [-0.15, -0.1) is 0 Å². The second-order valence-corrected chi connectivity index (χ2v) is 17.7. The number of rotatable bonds is 9. The van der Waals surface area contributed by atoms with Crippen molar-refractivity contribution in [3.63, 3.8) is 0 Å². The Morgan fingerprint density at radius 2 is 1.35 bits per heavy atom. The van der Waals surface area contributed by atoms with Gasteiger partial charge >= 0.3 is 0 Å². The summed E-state index contributed by atoms with van der Waals surface area (Å²) in [7, 11) is -2.25. The van der Waals surface area contributed by atoms with Crippen LogP contribution >= 0.6 is 23.2 Å². The van der Waals surface area contributed by atoms with E-state index in [9.17, 15) is 14.6 Å². The summed E-state index contributed by atoms with van der Waals surface area (Å²) >= 11 is 13.5. The molecule has 2 atom stereocenters. The maximum atomic E-state index is 13.3. The smallest absolute Gasteiger partial charge is 0.258 e. The zero-order valence-corrected chi connectivity index (χ0v) is 25.6. The van der Waals surface area contributed by atoms with E-state index in [1.165, 1.54) is 12.1 Å². The first kappa shape index (κ1) is 30.4. The summed E-state index contributed by atoms with van der Waals surface area (Å²) in [5, 5.41) is 23.2. The van der Waals surface area contributed by atoms with E-state index in [1.54, 1.807) is 24.3 Å². The Hall–Kier alpha value is -1.15. The lowest BCUT2D eigenvalue weighted by molar-refractivity contribution is -0.0502. The van der Waals surface area contributed by atoms with Crippen LogP contribution in [-0.2, 0) is 5.60 Å². The van der Waals surface area contributed by atoms with Crippen molar-refractivity contribution in [3.05, 3.63) is 63.4 Å². The molecular weight excluding hydrogens is 528 g/mol. The third-order valence-corrected chi connectivity index (χ3v) is 14.9. The van der Waals surface area contributed by atoms with Crippen LogP contribution in [0.3, 0.4) is 0 Å². The maximum Gasteiger partial charge on any atom is 0.258 e. The Balaban J connectivity index is 1.76. The molecule has 1 unspecified atom stereocenters. The predicted octanol–water partition coefficient (Wildman–Crippen LogP) is 8.09. The van der Waals surface area contributed by atoms with E-state index in [0.29, 0.717) is 63.9 Å². The first-order chi connectivity index (χ1) is 17.2. The van der Waals surface area contributed by atoms with Crippen molar-refractivity contribution in [2.75, 3.05) is 13.1 Å². The normalized spacial score (nSPS) is 18.5. The van der Waals surface area contributed by atoms with E-state index < -0.39 is 20.0 Å². The molecule has 1 saturated heterocycles. The fraction of sp³-hybridized carbons (Fsp3) is 0.586. The van der Waals surface area contributed by atoms with Crippen molar-refractivity contribution < 1.29 is 19.0 Å². The minimum absolute atomic E-state index is 0.216. The molecule has 1 heterocycles. The van der Waals surface area contributed by atoms with E-state index in [2.05, 4.69) is 46.4 Å². The average molecular weight is 571 g/mol. The van der Waals surface area contributed by atoms with Gasteiger partial charge < -0.3 is 14.6 Å². The summed E-state index contributed by atoms with van der Waals surface area (Å²) in [4.78, 5) is 2.16. The molecule has 0 amide bonds. The second kappa shape index (κ2) is 11.9. The van der Waals surface area contributed by atoms with Crippen LogP contribution in [0.2, 0.25) is 26.7 Å². The largest absolute Gasteiger partial charge is 0.541 e. The van der Waals surface area contributed by atoms with Gasteiger partial charge in [0.2, 0.25) is 0 Å². The van der Waals surface area contributed by atoms with Gasteiger partial charge in [-0.05, 0) is 71.8 Å².